The van der Waals surface area contributed by atoms with Crippen molar-refractivity contribution in [2.45, 2.75) is 38.7 Å². The molecule has 2 rings (SSSR count). The van der Waals surface area contributed by atoms with E-state index >= 15 is 0 Å². The van der Waals surface area contributed by atoms with Gasteiger partial charge in [0.1, 0.15) is 11.9 Å². The lowest BCUT2D eigenvalue weighted by Gasteiger charge is -2.19. The summed E-state index contributed by atoms with van der Waals surface area (Å²) in [6, 6.07) is 7.41. The van der Waals surface area contributed by atoms with Gasteiger partial charge in [0.05, 0.1) is 11.6 Å². The van der Waals surface area contributed by atoms with E-state index in [1.165, 1.54) is 6.42 Å². The zero-order valence-electron chi connectivity index (χ0n) is 13.5. The molecule has 1 amide bonds. The Hall–Kier alpha value is -0.970. The van der Waals surface area contributed by atoms with Crippen LogP contribution < -0.4 is 15.4 Å². The maximum absolute atomic E-state index is 11.9. The molecule has 1 aliphatic rings. The van der Waals surface area contributed by atoms with Crippen LogP contribution in [0.15, 0.2) is 24.3 Å². The number of nitrogens with one attached hydrogen (secondary N) is 2. The van der Waals surface area contributed by atoms with Crippen molar-refractivity contribution in [3.8, 4) is 5.75 Å². The molecule has 2 unspecified atom stereocenters. The number of para-hydroxylation sites is 1. The summed E-state index contributed by atoms with van der Waals surface area (Å²) in [7, 11) is 0. The third-order valence-corrected chi connectivity index (χ3v) is 4.37. The second-order valence-corrected chi connectivity index (χ2v) is 6.19. The normalized spacial score (nSPS) is 18.1. The summed E-state index contributed by atoms with van der Waals surface area (Å²) in [5.74, 6) is 1.42. The van der Waals surface area contributed by atoms with E-state index in [0.717, 1.165) is 25.9 Å². The highest BCUT2D eigenvalue weighted by atomic mass is 35.5. The van der Waals surface area contributed by atoms with Crippen molar-refractivity contribution < 1.29 is 9.53 Å². The highest BCUT2D eigenvalue weighted by Gasteiger charge is 2.16. The Kier molecular flexibility index (Phi) is 9.37. The molecule has 0 aromatic heterocycles. The molecule has 1 saturated heterocycles. The summed E-state index contributed by atoms with van der Waals surface area (Å²) in [5, 5.41) is 6.89. The lowest BCUT2D eigenvalue weighted by molar-refractivity contribution is -0.121. The minimum absolute atomic E-state index is 0. The molecule has 0 radical (unpaired) electrons. The van der Waals surface area contributed by atoms with Gasteiger partial charge in [0.25, 0.3) is 0 Å². The van der Waals surface area contributed by atoms with Crippen LogP contribution in [0.4, 0.5) is 0 Å². The number of benzene rings is 1. The predicted octanol–water partition coefficient (Wildman–Crippen LogP) is 3.43. The average Bonchev–Trinajstić information content (AvgIpc) is 3.04. The van der Waals surface area contributed by atoms with Gasteiger partial charge < -0.3 is 15.4 Å². The van der Waals surface area contributed by atoms with Crippen LogP contribution in [0, 0.1) is 5.92 Å². The number of hydrogen-bond donors (Lipinski definition) is 2. The van der Waals surface area contributed by atoms with E-state index in [-0.39, 0.29) is 24.4 Å². The first-order valence-electron chi connectivity index (χ1n) is 8.07. The third kappa shape index (κ3) is 6.98. The number of halogens is 2. The molecular formula is C17H26Cl2N2O2. The van der Waals surface area contributed by atoms with E-state index in [2.05, 4.69) is 10.6 Å². The Morgan fingerprint density at radius 1 is 1.48 bits per heavy atom. The molecule has 1 aromatic carbocycles. The van der Waals surface area contributed by atoms with Gasteiger partial charge in [-0.15, -0.1) is 12.4 Å². The van der Waals surface area contributed by atoms with Crippen LogP contribution in [0.5, 0.6) is 5.75 Å². The molecule has 6 heteroatoms. The number of carbonyl (C=O) groups is 1. The fourth-order valence-corrected chi connectivity index (χ4v) is 2.78. The van der Waals surface area contributed by atoms with Gasteiger partial charge in [-0.25, -0.2) is 0 Å². The van der Waals surface area contributed by atoms with Crippen molar-refractivity contribution in [2.24, 2.45) is 5.92 Å². The molecule has 2 atom stereocenters. The van der Waals surface area contributed by atoms with Crippen molar-refractivity contribution in [3.05, 3.63) is 29.3 Å². The molecule has 1 heterocycles. The molecule has 1 aliphatic heterocycles. The van der Waals surface area contributed by atoms with Gasteiger partial charge >= 0.3 is 0 Å². The lowest BCUT2D eigenvalue weighted by atomic mass is 10.0. The molecule has 0 bridgehead atoms. The Morgan fingerprint density at radius 3 is 2.91 bits per heavy atom. The van der Waals surface area contributed by atoms with Gasteiger partial charge in [-0.2, -0.15) is 0 Å². The summed E-state index contributed by atoms with van der Waals surface area (Å²) in [6.07, 6.45) is 3.49. The minimum atomic E-state index is -0.0583. The second-order valence-electron chi connectivity index (χ2n) is 5.78. The predicted molar refractivity (Wildman–Crippen MR) is 96.6 cm³/mol. The first-order valence-corrected chi connectivity index (χ1v) is 8.45. The molecule has 1 fully saturated rings. The summed E-state index contributed by atoms with van der Waals surface area (Å²) in [6.45, 7) is 4.68. The van der Waals surface area contributed by atoms with E-state index in [1.807, 2.05) is 25.1 Å². The van der Waals surface area contributed by atoms with Crippen molar-refractivity contribution >= 4 is 29.9 Å². The Morgan fingerprint density at radius 2 is 2.26 bits per heavy atom. The van der Waals surface area contributed by atoms with Crippen LogP contribution in [-0.4, -0.2) is 31.6 Å². The fraction of sp³-hybridized carbons (Fsp3) is 0.588. The van der Waals surface area contributed by atoms with E-state index in [4.69, 9.17) is 16.3 Å². The van der Waals surface area contributed by atoms with E-state index < -0.39 is 0 Å². The molecule has 4 nitrogen and oxygen atoms in total. The average molecular weight is 361 g/mol. The number of ether oxygens (including phenoxy) is 1. The molecule has 0 spiro atoms. The molecule has 130 valence electrons. The number of amides is 1. The fourth-order valence-electron chi connectivity index (χ4n) is 2.60. The number of hydrogen-bond acceptors (Lipinski definition) is 3. The van der Waals surface area contributed by atoms with Gasteiger partial charge in [0.15, 0.2) is 0 Å². The minimum Gasteiger partial charge on any atom is -0.487 e. The van der Waals surface area contributed by atoms with Gasteiger partial charge in [-0.3, -0.25) is 4.79 Å². The van der Waals surface area contributed by atoms with Crippen LogP contribution >= 0.6 is 24.0 Å². The molecule has 23 heavy (non-hydrogen) atoms. The largest absolute Gasteiger partial charge is 0.487 e. The van der Waals surface area contributed by atoms with Crippen LogP contribution in [0.2, 0.25) is 5.02 Å². The quantitative estimate of drug-likeness (QED) is 0.746. The summed E-state index contributed by atoms with van der Waals surface area (Å²) in [4.78, 5) is 11.9. The molecule has 0 aliphatic carbocycles. The first kappa shape index (κ1) is 20.1. The van der Waals surface area contributed by atoms with Crippen molar-refractivity contribution in [3.63, 3.8) is 0 Å². The van der Waals surface area contributed by atoms with Crippen LogP contribution in [0.3, 0.4) is 0 Å². The summed E-state index contributed by atoms with van der Waals surface area (Å²) < 4.78 is 5.87. The molecule has 2 N–H and O–H groups in total. The van der Waals surface area contributed by atoms with Gasteiger partial charge in [0.2, 0.25) is 5.91 Å². The highest BCUT2D eigenvalue weighted by molar-refractivity contribution is 6.32. The molecule has 1 aromatic rings. The smallest absolute Gasteiger partial charge is 0.220 e. The summed E-state index contributed by atoms with van der Waals surface area (Å²) in [5.41, 5.74) is 0. The maximum atomic E-state index is 11.9. The van der Waals surface area contributed by atoms with Crippen LogP contribution in [-0.2, 0) is 4.79 Å². The maximum Gasteiger partial charge on any atom is 0.220 e. The zero-order valence-corrected chi connectivity index (χ0v) is 15.1. The molecular weight excluding hydrogens is 335 g/mol. The summed E-state index contributed by atoms with van der Waals surface area (Å²) >= 11 is 6.09. The topological polar surface area (TPSA) is 50.4 Å². The molecule has 0 saturated carbocycles. The van der Waals surface area contributed by atoms with Crippen LogP contribution in [0.25, 0.3) is 0 Å². The number of carbonyl (C=O) groups excluding carboxylic acids is 1. The first-order chi connectivity index (χ1) is 10.7. The van der Waals surface area contributed by atoms with E-state index in [0.29, 0.717) is 29.7 Å². The standard InChI is InChI=1S/C17H25ClN2O2.ClH/c1-2-14(22-16-6-4-3-5-15(16)18)12-20-17(21)8-7-13-9-10-19-11-13;/h3-6,13-14,19H,2,7-12H2,1H3,(H,20,21);1H. The van der Waals surface area contributed by atoms with Crippen molar-refractivity contribution in [1.29, 1.82) is 0 Å². The van der Waals surface area contributed by atoms with E-state index in [9.17, 15) is 4.79 Å². The Bertz CT molecular complexity index is 479. The Labute approximate surface area is 149 Å². The van der Waals surface area contributed by atoms with E-state index in [1.54, 1.807) is 6.07 Å². The van der Waals surface area contributed by atoms with Gasteiger partial charge in [0, 0.05) is 6.42 Å². The van der Waals surface area contributed by atoms with Gasteiger partial charge in [-0.1, -0.05) is 30.7 Å². The highest BCUT2D eigenvalue weighted by Crippen LogP contribution is 2.24. The SMILES string of the molecule is CCC(CNC(=O)CCC1CCNC1)Oc1ccccc1Cl.Cl. The zero-order chi connectivity index (χ0) is 15.8. The second kappa shape index (κ2) is 10.7. The lowest BCUT2D eigenvalue weighted by Crippen LogP contribution is -2.35. The third-order valence-electron chi connectivity index (χ3n) is 4.05. The number of rotatable bonds is 8. The van der Waals surface area contributed by atoms with Crippen molar-refractivity contribution in [1.82, 2.24) is 10.6 Å². The van der Waals surface area contributed by atoms with Gasteiger partial charge in [-0.05, 0) is 50.4 Å². The Balaban J connectivity index is 0.00000264. The van der Waals surface area contributed by atoms with Crippen molar-refractivity contribution in [2.75, 3.05) is 19.6 Å². The van der Waals surface area contributed by atoms with Crippen LogP contribution in [0.1, 0.15) is 32.6 Å². The monoisotopic (exact) mass is 360 g/mol.